The molecule has 1 aromatic heterocycles. The highest BCUT2D eigenvalue weighted by molar-refractivity contribution is 7.09. The van der Waals surface area contributed by atoms with Crippen LogP contribution in [0.2, 0.25) is 0 Å². The molecule has 0 radical (unpaired) electrons. The Morgan fingerprint density at radius 2 is 2.30 bits per heavy atom. The van der Waals surface area contributed by atoms with E-state index < -0.39 is 0 Å². The van der Waals surface area contributed by atoms with Crippen molar-refractivity contribution < 1.29 is 4.79 Å². The maximum atomic E-state index is 11.8. The maximum Gasteiger partial charge on any atom is 0.224 e. The zero-order chi connectivity index (χ0) is 13.0. The average molecular weight is 340 g/mol. The van der Waals surface area contributed by atoms with Gasteiger partial charge in [0.1, 0.15) is 0 Å². The summed E-state index contributed by atoms with van der Waals surface area (Å²) in [6.07, 6.45) is 1.79. The lowest BCUT2D eigenvalue weighted by atomic mass is 10.1. The molecule has 0 bridgehead atoms. The van der Waals surface area contributed by atoms with Gasteiger partial charge in [0.15, 0.2) is 0 Å². The Labute approximate surface area is 137 Å². The van der Waals surface area contributed by atoms with Crippen LogP contribution in [0.4, 0.5) is 0 Å². The van der Waals surface area contributed by atoms with Crippen LogP contribution in [0.5, 0.6) is 0 Å². The second-order valence-corrected chi connectivity index (χ2v) is 5.95. The molecule has 20 heavy (non-hydrogen) atoms. The largest absolute Gasteiger partial charge is 0.355 e. The van der Waals surface area contributed by atoms with Gasteiger partial charge in [-0.25, -0.2) is 4.98 Å². The number of thiazole rings is 1. The molecule has 1 aliphatic rings. The van der Waals surface area contributed by atoms with Crippen LogP contribution in [-0.4, -0.2) is 30.5 Å². The van der Waals surface area contributed by atoms with Crippen LogP contribution in [0.25, 0.3) is 0 Å². The third-order valence-electron chi connectivity index (χ3n) is 3.17. The van der Waals surface area contributed by atoms with Gasteiger partial charge in [0, 0.05) is 30.8 Å². The molecular formula is C13H23Cl2N3OS. The van der Waals surface area contributed by atoms with Gasteiger partial charge in [-0.05, 0) is 13.0 Å². The standard InChI is InChI=1S/C13H21N3OS.2ClH/c1-9(2)13-16-11(8-18-13)4-6-15-12(17)10-3-5-14-7-10;;/h8-10,14H,3-7H2,1-2H3,(H,15,17);2*1H. The fourth-order valence-electron chi connectivity index (χ4n) is 2.04. The van der Waals surface area contributed by atoms with E-state index in [-0.39, 0.29) is 36.6 Å². The van der Waals surface area contributed by atoms with Crippen molar-refractivity contribution in [2.24, 2.45) is 5.92 Å². The number of carbonyl (C=O) groups excluding carboxylic acids is 1. The third-order valence-corrected chi connectivity index (χ3v) is 4.37. The summed E-state index contributed by atoms with van der Waals surface area (Å²) in [5.74, 6) is 0.828. The third kappa shape index (κ3) is 5.56. The zero-order valence-electron chi connectivity index (χ0n) is 11.8. The van der Waals surface area contributed by atoms with Crippen molar-refractivity contribution in [2.75, 3.05) is 19.6 Å². The van der Waals surface area contributed by atoms with Crippen LogP contribution >= 0.6 is 36.2 Å². The molecule has 1 aromatic rings. The van der Waals surface area contributed by atoms with Crippen LogP contribution < -0.4 is 10.6 Å². The number of aromatic nitrogens is 1. The molecule has 116 valence electrons. The number of carbonyl (C=O) groups is 1. The summed E-state index contributed by atoms with van der Waals surface area (Å²) in [5.41, 5.74) is 1.09. The Morgan fingerprint density at radius 1 is 1.55 bits per heavy atom. The van der Waals surface area contributed by atoms with E-state index in [1.54, 1.807) is 11.3 Å². The molecule has 0 aromatic carbocycles. The Balaban J connectivity index is 0.00000180. The predicted octanol–water partition coefficient (Wildman–Crippen LogP) is 2.38. The van der Waals surface area contributed by atoms with Gasteiger partial charge in [-0.3, -0.25) is 4.79 Å². The van der Waals surface area contributed by atoms with Crippen molar-refractivity contribution >= 4 is 42.1 Å². The molecule has 4 nitrogen and oxygen atoms in total. The molecule has 2 rings (SSSR count). The molecule has 1 atom stereocenters. The van der Waals surface area contributed by atoms with Crippen molar-refractivity contribution in [2.45, 2.75) is 32.6 Å². The van der Waals surface area contributed by atoms with Crippen molar-refractivity contribution in [1.29, 1.82) is 0 Å². The van der Waals surface area contributed by atoms with Crippen LogP contribution in [0.1, 0.15) is 36.9 Å². The van der Waals surface area contributed by atoms with Crippen molar-refractivity contribution in [3.8, 4) is 0 Å². The topological polar surface area (TPSA) is 54.0 Å². The SMILES string of the molecule is CC(C)c1nc(CCNC(=O)C2CCNC2)cs1.Cl.Cl. The molecule has 1 aliphatic heterocycles. The van der Waals surface area contributed by atoms with Gasteiger partial charge in [-0.1, -0.05) is 13.8 Å². The lowest BCUT2D eigenvalue weighted by Gasteiger charge is -2.08. The van der Waals surface area contributed by atoms with Crippen LogP contribution in [0.15, 0.2) is 5.38 Å². The normalized spacial score (nSPS) is 17.4. The number of rotatable bonds is 5. The minimum atomic E-state index is 0. The quantitative estimate of drug-likeness (QED) is 0.865. The Kier molecular flexibility index (Phi) is 9.38. The highest BCUT2D eigenvalue weighted by Crippen LogP contribution is 2.19. The minimum Gasteiger partial charge on any atom is -0.355 e. The van der Waals surface area contributed by atoms with E-state index in [1.165, 1.54) is 5.01 Å². The lowest BCUT2D eigenvalue weighted by Crippen LogP contribution is -2.33. The number of halogens is 2. The van der Waals surface area contributed by atoms with Gasteiger partial charge in [0.05, 0.1) is 16.6 Å². The number of hydrogen-bond donors (Lipinski definition) is 2. The first kappa shape index (κ1) is 19.6. The molecule has 7 heteroatoms. The van der Waals surface area contributed by atoms with Crippen LogP contribution in [0.3, 0.4) is 0 Å². The summed E-state index contributed by atoms with van der Waals surface area (Å²) >= 11 is 1.71. The van der Waals surface area contributed by atoms with E-state index in [9.17, 15) is 4.79 Å². The summed E-state index contributed by atoms with van der Waals surface area (Å²) in [4.78, 5) is 16.3. The van der Waals surface area contributed by atoms with Crippen molar-refractivity contribution in [3.05, 3.63) is 16.1 Å². The fourth-order valence-corrected chi connectivity index (χ4v) is 2.91. The monoisotopic (exact) mass is 339 g/mol. The molecule has 1 fully saturated rings. The Bertz CT molecular complexity index is 406. The molecule has 2 N–H and O–H groups in total. The van der Waals surface area contributed by atoms with E-state index in [0.717, 1.165) is 31.6 Å². The van der Waals surface area contributed by atoms with E-state index in [2.05, 4.69) is 34.8 Å². The van der Waals surface area contributed by atoms with Crippen molar-refractivity contribution in [1.82, 2.24) is 15.6 Å². The molecule has 1 unspecified atom stereocenters. The van der Waals surface area contributed by atoms with Crippen LogP contribution in [0, 0.1) is 5.92 Å². The Morgan fingerprint density at radius 3 is 2.85 bits per heavy atom. The van der Waals surface area contributed by atoms with E-state index >= 15 is 0 Å². The van der Waals surface area contributed by atoms with Gasteiger partial charge in [-0.2, -0.15) is 0 Å². The molecule has 0 aliphatic carbocycles. The first-order valence-corrected chi connectivity index (χ1v) is 7.47. The number of nitrogens with zero attached hydrogens (tertiary/aromatic N) is 1. The second kappa shape index (κ2) is 9.55. The van der Waals surface area contributed by atoms with Gasteiger partial charge in [0.2, 0.25) is 5.91 Å². The van der Waals surface area contributed by atoms with Gasteiger partial charge in [-0.15, -0.1) is 36.2 Å². The molecule has 1 saturated heterocycles. The predicted molar refractivity (Wildman–Crippen MR) is 88.4 cm³/mol. The maximum absolute atomic E-state index is 11.8. The molecule has 2 heterocycles. The summed E-state index contributed by atoms with van der Waals surface area (Å²) < 4.78 is 0. The number of nitrogens with one attached hydrogen (secondary N) is 2. The first-order chi connectivity index (χ1) is 8.66. The molecule has 1 amide bonds. The van der Waals surface area contributed by atoms with Crippen molar-refractivity contribution in [3.63, 3.8) is 0 Å². The highest BCUT2D eigenvalue weighted by atomic mass is 35.5. The summed E-state index contributed by atoms with van der Waals surface area (Å²) in [5, 5.41) is 9.48. The average Bonchev–Trinajstić information content (AvgIpc) is 3.00. The summed E-state index contributed by atoms with van der Waals surface area (Å²) in [6.45, 7) is 6.77. The van der Waals surface area contributed by atoms with Gasteiger partial charge >= 0.3 is 0 Å². The lowest BCUT2D eigenvalue weighted by molar-refractivity contribution is -0.124. The van der Waals surface area contributed by atoms with E-state index in [1.807, 2.05) is 0 Å². The number of amides is 1. The van der Waals surface area contributed by atoms with Crippen LogP contribution in [-0.2, 0) is 11.2 Å². The minimum absolute atomic E-state index is 0. The smallest absolute Gasteiger partial charge is 0.224 e. The Hall–Kier alpha value is -0.360. The van der Waals surface area contributed by atoms with E-state index in [4.69, 9.17) is 0 Å². The second-order valence-electron chi connectivity index (χ2n) is 5.06. The highest BCUT2D eigenvalue weighted by Gasteiger charge is 2.21. The molecule has 0 spiro atoms. The zero-order valence-corrected chi connectivity index (χ0v) is 14.3. The molecular weight excluding hydrogens is 317 g/mol. The summed E-state index contributed by atoms with van der Waals surface area (Å²) in [6, 6.07) is 0. The summed E-state index contributed by atoms with van der Waals surface area (Å²) in [7, 11) is 0. The number of hydrogen-bond acceptors (Lipinski definition) is 4. The fraction of sp³-hybridized carbons (Fsp3) is 0.692. The van der Waals surface area contributed by atoms with Gasteiger partial charge in [0.25, 0.3) is 0 Å². The van der Waals surface area contributed by atoms with Gasteiger partial charge < -0.3 is 10.6 Å². The van der Waals surface area contributed by atoms with E-state index in [0.29, 0.717) is 12.5 Å². The molecule has 0 saturated carbocycles. The first-order valence-electron chi connectivity index (χ1n) is 6.59.